The molecule has 2 aromatic rings. The van der Waals surface area contributed by atoms with Gasteiger partial charge in [0.1, 0.15) is 30.3 Å². The van der Waals surface area contributed by atoms with Crippen molar-refractivity contribution in [1.29, 1.82) is 5.26 Å². The fourth-order valence-electron chi connectivity index (χ4n) is 7.50. The zero-order valence-corrected chi connectivity index (χ0v) is 22.2. The van der Waals surface area contributed by atoms with Crippen molar-refractivity contribution in [2.45, 2.75) is 81.7 Å². The monoisotopic (exact) mass is 532 g/mol. The maximum absolute atomic E-state index is 14.3. The normalized spacial score (nSPS) is 31.4. The van der Waals surface area contributed by atoms with Crippen LogP contribution >= 0.6 is 0 Å². The molecule has 204 valence electrons. The highest BCUT2D eigenvalue weighted by Crippen LogP contribution is 2.51. The molecule has 7 rings (SSSR count). The van der Waals surface area contributed by atoms with Crippen molar-refractivity contribution in [1.82, 2.24) is 14.9 Å². The van der Waals surface area contributed by atoms with Crippen molar-refractivity contribution >= 4 is 17.4 Å². The predicted octanol–water partition coefficient (Wildman–Crippen LogP) is 3.49. The van der Waals surface area contributed by atoms with Crippen molar-refractivity contribution in [2.24, 2.45) is 0 Å². The molecule has 3 saturated heterocycles. The van der Waals surface area contributed by atoms with Crippen LogP contribution in [0.5, 0.6) is 6.01 Å². The Morgan fingerprint density at radius 1 is 1.31 bits per heavy atom. The molecule has 1 amide bonds. The highest BCUT2D eigenvalue weighted by atomic mass is 19.1. The summed E-state index contributed by atoms with van der Waals surface area (Å²) < 4.78 is 27.2. The van der Waals surface area contributed by atoms with Crippen LogP contribution in [0.15, 0.2) is 12.1 Å². The van der Waals surface area contributed by atoms with Crippen LogP contribution in [0.2, 0.25) is 0 Å². The smallest absolute Gasteiger partial charge is 0.318 e. The molecule has 10 heteroatoms. The fraction of sp³-hybridized carbons (Fsp3) is 0.586. The van der Waals surface area contributed by atoms with E-state index in [-0.39, 0.29) is 30.0 Å². The number of alkyl halides is 1. The Morgan fingerprint density at radius 2 is 2.18 bits per heavy atom. The first-order chi connectivity index (χ1) is 18.8. The Hall–Kier alpha value is -3.29. The van der Waals surface area contributed by atoms with E-state index in [0.29, 0.717) is 56.0 Å². The number of carbonyl (C=O) groups excluding carboxylic acids is 1. The largest absolute Gasteiger partial charge is 0.461 e. The van der Waals surface area contributed by atoms with Crippen LogP contribution in [0.4, 0.5) is 15.9 Å². The molecule has 1 aromatic heterocycles. The molecule has 5 heterocycles. The van der Waals surface area contributed by atoms with Crippen LogP contribution in [0.25, 0.3) is 0 Å². The zero-order chi connectivity index (χ0) is 26.9. The van der Waals surface area contributed by atoms with E-state index < -0.39 is 11.8 Å². The number of rotatable bonds is 4. The number of nitrogens with zero attached hydrogens (tertiary/aromatic N) is 5. The molecule has 4 aliphatic heterocycles. The lowest BCUT2D eigenvalue weighted by Crippen LogP contribution is -2.47. The number of β-lactam (4-membered cyclic amide) rings is 1. The summed E-state index contributed by atoms with van der Waals surface area (Å²) >= 11 is 0. The number of fused-ring (bicyclic) bond motifs is 4. The third kappa shape index (κ3) is 3.74. The minimum atomic E-state index is -0.847. The molecule has 0 saturated carbocycles. The first kappa shape index (κ1) is 24.7. The number of nitrogens with two attached hydrogens (primary N) is 1. The summed E-state index contributed by atoms with van der Waals surface area (Å²) in [6.07, 6.45) is 4.07. The van der Waals surface area contributed by atoms with Gasteiger partial charge in [-0.2, -0.15) is 15.2 Å². The first-order valence-electron chi connectivity index (χ1n) is 14.0. The topological polar surface area (TPSA) is 118 Å². The van der Waals surface area contributed by atoms with Gasteiger partial charge < -0.3 is 15.2 Å². The maximum Gasteiger partial charge on any atom is 0.318 e. The number of ether oxygens (including phenoxy) is 2. The Bertz CT molecular complexity index is 1410. The van der Waals surface area contributed by atoms with Gasteiger partial charge in [0, 0.05) is 49.2 Å². The molecule has 2 N–H and O–H groups in total. The van der Waals surface area contributed by atoms with E-state index in [1.54, 1.807) is 4.90 Å². The second kappa shape index (κ2) is 8.86. The molecule has 5 aliphatic rings. The summed E-state index contributed by atoms with van der Waals surface area (Å²) in [5, 5.41) is 10.1. The van der Waals surface area contributed by atoms with Gasteiger partial charge in [-0.1, -0.05) is 13.0 Å². The summed E-state index contributed by atoms with van der Waals surface area (Å²) in [7, 11) is 0. The number of amides is 1. The zero-order valence-electron chi connectivity index (χ0n) is 22.2. The lowest BCUT2D eigenvalue weighted by atomic mass is 9.69. The van der Waals surface area contributed by atoms with E-state index >= 15 is 0 Å². The van der Waals surface area contributed by atoms with Crippen molar-refractivity contribution in [2.75, 3.05) is 36.9 Å². The van der Waals surface area contributed by atoms with Crippen LogP contribution in [-0.4, -0.2) is 58.7 Å². The molecule has 0 radical (unpaired) electrons. The molecule has 1 aromatic carbocycles. The number of nitriles is 1. The number of anilines is 2. The summed E-state index contributed by atoms with van der Waals surface area (Å²) in [4.78, 5) is 25.9. The van der Waals surface area contributed by atoms with Crippen molar-refractivity contribution in [3.05, 3.63) is 40.1 Å². The van der Waals surface area contributed by atoms with Gasteiger partial charge in [0.25, 0.3) is 0 Å². The summed E-state index contributed by atoms with van der Waals surface area (Å²) in [5.74, 6) is 0.825. The summed E-state index contributed by atoms with van der Waals surface area (Å²) in [5.41, 5.74) is 9.60. The molecule has 39 heavy (non-hydrogen) atoms. The summed E-state index contributed by atoms with van der Waals surface area (Å²) in [6.45, 7) is 4.62. The van der Waals surface area contributed by atoms with Crippen molar-refractivity contribution < 1.29 is 18.7 Å². The molecule has 1 spiro atoms. The van der Waals surface area contributed by atoms with E-state index in [0.717, 1.165) is 54.6 Å². The number of aromatic nitrogens is 2. The number of carbonyl (C=O) groups is 1. The minimum absolute atomic E-state index is 0.00939. The number of benzene rings is 1. The minimum Gasteiger partial charge on any atom is -0.461 e. The second-order valence-corrected chi connectivity index (χ2v) is 11.9. The van der Waals surface area contributed by atoms with Gasteiger partial charge in [-0.15, -0.1) is 0 Å². The lowest BCUT2D eigenvalue weighted by molar-refractivity contribution is -0.122. The standard InChI is InChI=1S/C29H33FN6O3/c1-17-5-8-29(25-19(17)3-4-22(32)20(25)13-31)12-23-21(15-39-29)26(36-10-6-24(36)37)34-27(33-23)38-16-28-7-2-9-35(28)14-18(30)11-28/h3-4,17-18H,2,5-12,14-16,32H2,1H3/t17-,18+,28?,29?/m0/s1. The van der Waals surface area contributed by atoms with E-state index in [1.807, 2.05) is 12.1 Å². The SMILES string of the molecule is C[C@H]1CCC2(Cc3nc(OCC45CCCN4C[C@H](F)C5)nc(N4CCC4=O)c3CO2)c2c1ccc(N)c2C#N. The Kier molecular flexibility index (Phi) is 5.62. The Labute approximate surface area is 227 Å². The number of hydrogen-bond acceptors (Lipinski definition) is 8. The highest BCUT2D eigenvalue weighted by molar-refractivity contribution is 5.99. The van der Waals surface area contributed by atoms with Gasteiger partial charge in [-0.25, -0.2) is 4.39 Å². The number of hydrogen-bond donors (Lipinski definition) is 1. The fourth-order valence-corrected chi connectivity index (χ4v) is 7.50. The van der Waals surface area contributed by atoms with Gasteiger partial charge >= 0.3 is 6.01 Å². The van der Waals surface area contributed by atoms with Crippen LogP contribution in [-0.2, 0) is 28.2 Å². The molecule has 1 aliphatic carbocycles. The Balaban J connectivity index is 1.27. The van der Waals surface area contributed by atoms with Gasteiger partial charge in [0.05, 0.1) is 23.4 Å². The van der Waals surface area contributed by atoms with Gasteiger partial charge in [0.15, 0.2) is 0 Å². The van der Waals surface area contributed by atoms with Crippen molar-refractivity contribution in [3.8, 4) is 12.1 Å². The van der Waals surface area contributed by atoms with Crippen LogP contribution in [0.1, 0.15) is 79.3 Å². The predicted molar refractivity (Wildman–Crippen MR) is 141 cm³/mol. The van der Waals surface area contributed by atoms with E-state index in [1.165, 1.54) is 0 Å². The molecule has 9 nitrogen and oxygen atoms in total. The maximum atomic E-state index is 14.3. The first-order valence-corrected chi connectivity index (χ1v) is 14.0. The van der Waals surface area contributed by atoms with Gasteiger partial charge in [-0.3, -0.25) is 14.6 Å². The van der Waals surface area contributed by atoms with Crippen LogP contribution < -0.4 is 15.4 Å². The molecule has 4 atom stereocenters. The second-order valence-electron chi connectivity index (χ2n) is 11.9. The molecule has 3 fully saturated rings. The Morgan fingerprint density at radius 3 is 2.95 bits per heavy atom. The molecule has 2 unspecified atom stereocenters. The highest BCUT2D eigenvalue weighted by Gasteiger charge is 2.50. The van der Waals surface area contributed by atoms with Gasteiger partial charge in [-0.05, 0) is 49.8 Å². The average molecular weight is 533 g/mol. The van der Waals surface area contributed by atoms with Crippen molar-refractivity contribution in [3.63, 3.8) is 0 Å². The lowest BCUT2D eigenvalue weighted by Gasteiger charge is -2.45. The molecular weight excluding hydrogens is 499 g/mol. The van der Waals surface area contributed by atoms with Crippen LogP contribution in [0, 0.1) is 11.3 Å². The number of halogens is 1. The third-order valence-corrected chi connectivity index (χ3v) is 9.68. The van der Waals surface area contributed by atoms with E-state index in [4.69, 9.17) is 25.2 Å². The molecular formula is C29H33FN6O3. The van der Waals surface area contributed by atoms with E-state index in [9.17, 15) is 14.4 Å². The average Bonchev–Trinajstić information content (AvgIpc) is 3.44. The van der Waals surface area contributed by atoms with Crippen LogP contribution in [0.3, 0.4) is 0 Å². The number of nitrogen functional groups attached to an aromatic ring is 1. The summed E-state index contributed by atoms with van der Waals surface area (Å²) in [6, 6.07) is 6.36. The van der Waals surface area contributed by atoms with E-state index in [2.05, 4.69) is 17.9 Å². The molecule has 0 bridgehead atoms. The van der Waals surface area contributed by atoms with Gasteiger partial charge in [0.2, 0.25) is 5.91 Å². The quantitative estimate of drug-likeness (QED) is 0.470. The third-order valence-electron chi connectivity index (χ3n) is 9.68.